The molecule has 5 rings (SSSR count). The SMILES string of the molecule is CCOc1nc(N2CCNCC2)nc2c1sc1nc(-c3ccc(I)cc3)cc(C(F)(F)F)c12. The maximum atomic E-state index is 14.3. The summed E-state index contributed by atoms with van der Waals surface area (Å²) in [6.45, 7) is 5.00. The first-order valence-corrected chi connectivity index (χ1v) is 12.3. The fourth-order valence-corrected chi connectivity index (χ4v) is 5.28. The van der Waals surface area contributed by atoms with Crippen molar-refractivity contribution in [1.82, 2.24) is 20.3 Å². The number of alkyl halides is 3. The smallest absolute Gasteiger partial charge is 0.417 e. The van der Waals surface area contributed by atoms with Crippen LogP contribution in [0, 0.1) is 3.57 Å². The number of piperazine rings is 1. The summed E-state index contributed by atoms with van der Waals surface area (Å²) in [5.41, 5.74) is 0.375. The molecule has 0 saturated carbocycles. The lowest BCUT2D eigenvalue weighted by Gasteiger charge is -2.27. The van der Waals surface area contributed by atoms with Gasteiger partial charge in [0.05, 0.1) is 23.3 Å². The Balaban J connectivity index is 1.79. The van der Waals surface area contributed by atoms with Gasteiger partial charge in [0, 0.05) is 35.3 Å². The fraction of sp³-hybridized carbons (Fsp3) is 0.318. The zero-order chi connectivity index (χ0) is 23.2. The van der Waals surface area contributed by atoms with Crippen molar-refractivity contribution in [3.63, 3.8) is 0 Å². The van der Waals surface area contributed by atoms with E-state index in [9.17, 15) is 13.2 Å². The van der Waals surface area contributed by atoms with Crippen molar-refractivity contribution >= 4 is 60.3 Å². The highest BCUT2D eigenvalue weighted by atomic mass is 127. The summed E-state index contributed by atoms with van der Waals surface area (Å²) in [6, 6.07) is 8.36. The molecule has 0 atom stereocenters. The van der Waals surface area contributed by atoms with Crippen LogP contribution in [-0.2, 0) is 6.18 Å². The molecule has 1 aromatic carbocycles. The van der Waals surface area contributed by atoms with Crippen LogP contribution in [0.4, 0.5) is 19.1 Å². The van der Waals surface area contributed by atoms with Crippen molar-refractivity contribution < 1.29 is 17.9 Å². The summed E-state index contributed by atoms with van der Waals surface area (Å²) in [5.74, 6) is 0.671. The standard InChI is InChI=1S/C22H19F3IN5OS/c1-2-32-19-18-17(29-21(30-19)31-9-7-27-8-10-31)16-14(22(23,24)25)11-15(28-20(16)33-18)12-3-5-13(26)6-4-12/h3-6,11,27H,2,7-10H2,1H3. The van der Waals surface area contributed by atoms with Crippen LogP contribution in [0.1, 0.15) is 12.5 Å². The zero-order valence-electron chi connectivity index (χ0n) is 17.5. The van der Waals surface area contributed by atoms with Crippen LogP contribution in [0.15, 0.2) is 30.3 Å². The number of hydrogen-bond acceptors (Lipinski definition) is 7. The van der Waals surface area contributed by atoms with Crippen LogP contribution in [0.5, 0.6) is 5.88 Å². The Hall–Kier alpha value is -2.25. The van der Waals surface area contributed by atoms with Crippen molar-refractivity contribution in [2.75, 3.05) is 37.7 Å². The Labute approximate surface area is 205 Å². The van der Waals surface area contributed by atoms with Gasteiger partial charge in [0.2, 0.25) is 11.8 Å². The number of anilines is 1. The van der Waals surface area contributed by atoms with Gasteiger partial charge < -0.3 is 15.0 Å². The van der Waals surface area contributed by atoms with Gasteiger partial charge in [-0.2, -0.15) is 18.2 Å². The first-order chi connectivity index (χ1) is 15.8. The normalized spacial score (nSPS) is 14.9. The van der Waals surface area contributed by atoms with E-state index in [1.807, 2.05) is 24.0 Å². The summed E-state index contributed by atoms with van der Waals surface area (Å²) >= 11 is 3.29. The van der Waals surface area contributed by atoms with E-state index in [0.29, 0.717) is 41.8 Å². The molecule has 3 aromatic heterocycles. The molecule has 1 N–H and O–H groups in total. The van der Waals surface area contributed by atoms with E-state index in [-0.39, 0.29) is 21.4 Å². The number of thiophene rings is 1. The first kappa shape index (κ1) is 22.5. The van der Waals surface area contributed by atoms with Gasteiger partial charge in [-0.05, 0) is 47.7 Å². The molecule has 11 heteroatoms. The van der Waals surface area contributed by atoms with Crippen molar-refractivity contribution in [1.29, 1.82) is 0 Å². The van der Waals surface area contributed by atoms with Gasteiger partial charge in [0.1, 0.15) is 15.0 Å². The highest BCUT2D eigenvalue weighted by Gasteiger charge is 2.36. The summed E-state index contributed by atoms with van der Waals surface area (Å²) in [6.07, 6.45) is -4.57. The number of nitrogens with one attached hydrogen (secondary N) is 1. The molecule has 1 fully saturated rings. The minimum atomic E-state index is -4.57. The van der Waals surface area contributed by atoms with E-state index in [0.717, 1.165) is 34.1 Å². The third kappa shape index (κ3) is 4.33. The van der Waals surface area contributed by atoms with E-state index in [2.05, 4.69) is 42.9 Å². The third-order valence-electron chi connectivity index (χ3n) is 5.37. The highest BCUT2D eigenvalue weighted by Crippen LogP contribution is 2.45. The average molecular weight is 585 g/mol. The van der Waals surface area contributed by atoms with Crippen molar-refractivity contribution in [3.05, 3.63) is 39.5 Å². The van der Waals surface area contributed by atoms with Gasteiger partial charge in [-0.15, -0.1) is 11.3 Å². The molecule has 0 bridgehead atoms. The van der Waals surface area contributed by atoms with Crippen molar-refractivity contribution in [2.24, 2.45) is 0 Å². The lowest BCUT2D eigenvalue weighted by molar-refractivity contribution is -0.136. The van der Waals surface area contributed by atoms with Crippen LogP contribution >= 0.6 is 33.9 Å². The average Bonchev–Trinajstić information content (AvgIpc) is 3.18. The molecule has 0 aliphatic carbocycles. The number of halogens is 4. The van der Waals surface area contributed by atoms with Crippen LogP contribution in [0.3, 0.4) is 0 Å². The van der Waals surface area contributed by atoms with Gasteiger partial charge in [-0.3, -0.25) is 0 Å². The number of aromatic nitrogens is 3. The number of hydrogen-bond donors (Lipinski definition) is 1. The molecule has 1 aliphatic rings. The molecule has 1 saturated heterocycles. The van der Waals surface area contributed by atoms with Gasteiger partial charge >= 0.3 is 6.18 Å². The molecule has 0 unspecified atom stereocenters. The number of nitrogens with zero attached hydrogens (tertiary/aromatic N) is 4. The van der Waals surface area contributed by atoms with Crippen LogP contribution in [0.2, 0.25) is 0 Å². The van der Waals surface area contributed by atoms with Crippen LogP contribution in [-0.4, -0.2) is 47.7 Å². The quantitative estimate of drug-likeness (QED) is 0.327. The highest BCUT2D eigenvalue weighted by molar-refractivity contribution is 14.1. The van der Waals surface area contributed by atoms with E-state index < -0.39 is 11.7 Å². The second kappa shape index (κ2) is 8.84. The summed E-state index contributed by atoms with van der Waals surface area (Å²) in [5, 5.41) is 3.25. The topological polar surface area (TPSA) is 63.2 Å². The first-order valence-electron chi connectivity index (χ1n) is 10.4. The Bertz CT molecular complexity index is 1320. The second-order valence-corrected chi connectivity index (χ2v) is 9.76. The lowest BCUT2D eigenvalue weighted by Crippen LogP contribution is -2.44. The van der Waals surface area contributed by atoms with Crippen LogP contribution in [0.25, 0.3) is 31.7 Å². The molecule has 172 valence electrons. The Morgan fingerprint density at radius 1 is 1.12 bits per heavy atom. The minimum Gasteiger partial charge on any atom is -0.477 e. The Morgan fingerprint density at radius 3 is 2.52 bits per heavy atom. The van der Waals surface area contributed by atoms with Crippen LogP contribution < -0.4 is 15.0 Å². The Morgan fingerprint density at radius 2 is 1.85 bits per heavy atom. The predicted molar refractivity (Wildman–Crippen MR) is 132 cm³/mol. The molecular formula is C22H19F3IN5OS. The number of pyridine rings is 1. The summed E-state index contributed by atoms with van der Waals surface area (Å²) in [7, 11) is 0. The number of benzene rings is 1. The van der Waals surface area contributed by atoms with Gasteiger partial charge in [-0.25, -0.2) is 9.97 Å². The monoisotopic (exact) mass is 585 g/mol. The number of rotatable bonds is 4. The largest absolute Gasteiger partial charge is 0.477 e. The third-order valence-corrected chi connectivity index (χ3v) is 7.15. The number of ether oxygens (including phenoxy) is 1. The van der Waals surface area contributed by atoms with Gasteiger partial charge in [0.25, 0.3) is 0 Å². The maximum Gasteiger partial charge on any atom is 0.417 e. The molecule has 33 heavy (non-hydrogen) atoms. The Kier molecular flexibility index (Phi) is 6.04. The van der Waals surface area contributed by atoms with Gasteiger partial charge in [-0.1, -0.05) is 12.1 Å². The molecule has 1 aliphatic heterocycles. The summed E-state index contributed by atoms with van der Waals surface area (Å²) < 4.78 is 50.0. The predicted octanol–water partition coefficient (Wildman–Crippen LogP) is 5.34. The summed E-state index contributed by atoms with van der Waals surface area (Å²) in [4.78, 5) is 16.0. The molecular weight excluding hydrogens is 566 g/mol. The molecule has 4 heterocycles. The number of fused-ring (bicyclic) bond motifs is 3. The van der Waals surface area contributed by atoms with E-state index in [4.69, 9.17) is 4.74 Å². The van der Waals surface area contributed by atoms with E-state index >= 15 is 0 Å². The second-order valence-electron chi connectivity index (χ2n) is 7.52. The van der Waals surface area contributed by atoms with Gasteiger partial charge in [0.15, 0.2) is 0 Å². The maximum absolute atomic E-state index is 14.3. The molecule has 0 spiro atoms. The van der Waals surface area contributed by atoms with E-state index in [1.165, 1.54) is 0 Å². The molecule has 4 aromatic rings. The van der Waals surface area contributed by atoms with Crippen molar-refractivity contribution in [3.8, 4) is 17.1 Å². The molecule has 0 radical (unpaired) electrons. The van der Waals surface area contributed by atoms with E-state index in [1.54, 1.807) is 12.1 Å². The minimum absolute atomic E-state index is 0.00324. The van der Waals surface area contributed by atoms with Crippen molar-refractivity contribution in [2.45, 2.75) is 13.1 Å². The molecule has 6 nitrogen and oxygen atoms in total. The fourth-order valence-electron chi connectivity index (χ4n) is 3.83. The zero-order valence-corrected chi connectivity index (χ0v) is 20.5. The lowest BCUT2D eigenvalue weighted by atomic mass is 10.1. The molecule has 0 amide bonds.